The highest BCUT2D eigenvalue weighted by Gasteiger charge is 2.13. The number of benzene rings is 2. The van der Waals surface area contributed by atoms with E-state index in [-0.39, 0.29) is 0 Å². The molecule has 122 valence electrons. The van der Waals surface area contributed by atoms with Crippen molar-refractivity contribution >= 4 is 49.5 Å². The van der Waals surface area contributed by atoms with E-state index in [0.717, 1.165) is 32.4 Å². The summed E-state index contributed by atoms with van der Waals surface area (Å²) < 4.78 is 12.1. The molecule has 4 aromatic rings. The Kier molecular flexibility index (Phi) is 3.31. The van der Waals surface area contributed by atoms with Gasteiger partial charge >= 0.3 is 6.01 Å². The first-order valence-corrected chi connectivity index (χ1v) is 8.24. The number of anilines is 3. The third-order valence-corrected chi connectivity index (χ3v) is 4.65. The minimum Gasteiger partial charge on any atom is -0.494 e. The number of rotatable bonds is 3. The van der Waals surface area contributed by atoms with Gasteiger partial charge in [-0.05, 0) is 37.1 Å². The lowest BCUT2D eigenvalue weighted by molar-refractivity contribution is 0.419. The van der Waals surface area contributed by atoms with Crippen LogP contribution in [0, 0.1) is 13.8 Å². The van der Waals surface area contributed by atoms with E-state index in [9.17, 15) is 0 Å². The lowest BCUT2D eigenvalue weighted by Gasteiger charge is -2.01. The molecule has 2 aromatic carbocycles. The van der Waals surface area contributed by atoms with E-state index < -0.39 is 0 Å². The van der Waals surface area contributed by atoms with Crippen LogP contribution in [-0.4, -0.2) is 17.1 Å². The molecule has 0 spiro atoms. The molecular formula is C17H16N4O2S. The quantitative estimate of drug-likeness (QED) is 0.538. The van der Waals surface area contributed by atoms with Crippen molar-refractivity contribution in [1.29, 1.82) is 0 Å². The third kappa shape index (κ3) is 2.43. The summed E-state index contributed by atoms with van der Waals surface area (Å²) in [6.07, 6.45) is 0. The third-order valence-electron chi connectivity index (χ3n) is 3.74. The monoisotopic (exact) mass is 340 g/mol. The zero-order valence-corrected chi connectivity index (χ0v) is 14.3. The van der Waals surface area contributed by atoms with Gasteiger partial charge in [-0.3, -0.25) is 5.32 Å². The molecule has 0 fully saturated rings. The first-order chi connectivity index (χ1) is 11.5. The Morgan fingerprint density at radius 3 is 2.79 bits per heavy atom. The molecule has 0 aliphatic heterocycles. The molecule has 0 bridgehead atoms. The summed E-state index contributed by atoms with van der Waals surface area (Å²) in [4.78, 5) is 9.05. The van der Waals surface area contributed by atoms with Gasteiger partial charge in [0.2, 0.25) is 0 Å². The smallest absolute Gasteiger partial charge is 0.302 e. The minimum absolute atomic E-state index is 0.421. The number of nitrogen functional groups attached to an aromatic ring is 1. The Morgan fingerprint density at radius 1 is 1.17 bits per heavy atom. The fourth-order valence-electron chi connectivity index (χ4n) is 2.75. The van der Waals surface area contributed by atoms with Crippen LogP contribution in [0.25, 0.3) is 21.3 Å². The van der Waals surface area contributed by atoms with E-state index in [4.69, 9.17) is 14.9 Å². The van der Waals surface area contributed by atoms with Gasteiger partial charge in [-0.1, -0.05) is 17.4 Å². The Balaban J connectivity index is 1.75. The average Bonchev–Trinajstić information content (AvgIpc) is 3.09. The van der Waals surface area contributed by atoms with E-state index in [1.54, 1.807) is 13.2 Å². The maximum absolute atomic E-state index is 5.89. The molecule has 7 heteroatoms. The highest BCUT2D eigenvalue weighted by atomic mass is 32.1. The summed E-state index contributed by atoms with van der Waals surface area (Å²) in [5.41, 5.74) is 11.1. The molecule has 6 nitrogen and oxygen atoms in total. The van der Waals surface area contributed by atoms with Crippen LogP contribution in [0.2, 0.25) is 0 Å². The number of hydrogen-bond acceptors (Lipinski definition) is 7. The molecule has 3 N–H and O–H groups in total. The number of ether oxygens (including phenoxy) is 1. The van der Waals surface area contributed by atoms with Crippen LogP contribution >= 0.6 is 11.3 Å². The van der Waals surface area contributed by atoms with Crippen LogP contribution in [-0.2, 0) is 0 Å². The molecule has 0 aliphatic rings. The van der Waals surface area contributed by atoms with Crippen LogP contribution in [0.1, 0.15) is 11.1 Å². The minimum atomic E-state index is 0.421. The summed E-state index contributed by atoms with van der Waals surface area (Å²) in [5, 5.41) is 3.81. The van der Waals surface area contributed by atoms with Crippen LogP contribution < -0.4 is 15.8 Å². The van der Waals surface area contributed by atoms with Crippen LogP contribution in [0.15, 0.2) is 28.7 Å². The lowest BCUT2D eigenvalue weighted by Crippen LogP contribution is -1.90. The second-order valence-electron chi connectivity index (χ2n) is 5.66. The van der Waals surface area contributed by atoms with Crippen molar-refractivity contribution in [3.05, 3.63) is 35.4 Å². The van der Waals surface area contributed by atoms with Gasteiger partial charge in [0.25, 0.3) is 0 Å². The molecule has 0 radical (unpaired) electrons. The number of nitrogens with one attached hydrogen (secondary N) is 1. The molecule has 0 aliphatic carbocycles. The van der Waals surface area contributed by atoms with E-state index in [2.05, 4.69) is 21.4 Å². The first-order valence-electron chi connectivity index (χ1n) is 7.42. The summed E-state index contributed by atoms with van der Waals surface area (Å²) in [6.45, 7) is 4.05. The number of nitrogens with two attached hydrogens (primary N) is 1. The topological polar surface area (TPSA) is 86.2 Å². The van der Waals surface area contributed by atoms with Crippen LogP contribution in [0.4, 0.5) is 16.8 Å². The second kappa shape index (κ2) is 5.38. The van der Waals surface area contributed by atoms with Gasteiger partial charge in [0.1, 0.15) is 16.8 Å². The van der Waals surface area contributed by atoms with Gasteiger partial charge in [-0.15, -0.1) is 0 Å². The Bertz CT molecular complexity index is 1070. The second-order valence-corrected chi connectivity index (χ2v) is 6.69. The van der Waals surface area contributed by atoms with E-state index >= 15 is 0 Å². The number of thiazole rings is 1. The van der Waals surface area contributed by atoms with Crippen molar-refractivity contribution in [2.45, 2.75) is 13.8 Å². The van der Waals surface area contributed by atoms with Gasteiger partial charge < -0.3 is 14.9 Å². The number of oxazole rings is 1. The largest absolute Gasteiger partial charge is 0.494 e. The van der Waals surface area contributed by atoms with Crippen molar-refractivity contribution in [1.82, 2.24) is 9.97 Å². The van der Waals surface area contributed by atoms with Crippen LogP contribution in [0.5, 0.6) is 5.75 Å². The van der Waals surface area contributed by atoms with Crippen molar-refractivity contribution in [2.24, 2.45) is 0 Å². The number of fused-ring (bicyclic) bond motifs is 2. The predicted molar refractivity (Wildman–Crippen MR) is 97.4 cm³/mol. The van der Waals surface area contributed by atoms with Gasteiger partial charge in [-0.2, -0.15) is 4.98 Å². The SMILES string of the molecule is COc1cc(N)cc2sc(Nc3nc4cc(C)cc(C)c4o3)nc12. The molecular weight excluding hydrogens is 324 g/mol. The van der Waals surface area contributed by atoms with Gasteiger partial charge in [0, 0.05) is 11.8 Å². The van der Waals surface area contributed by atoms with Gasteiger partial charge in [0.15, 0.2) is 10.7 Å². The maximum atomic E-state index is 5.89. The normalized spacial score (nSPS) is 11.3. The Hall–Kier alpha value is -2.80. The van der Waals surface area contributed by atoms with Gasteiger partial charge in [-0.25, -0.2) is 4.98 Å². The van der Waals surface area contributed by atoms with Crippen molar-refractivity contribution in [2.75, 3.05) is 18.2 Å². The summed E-state index contributed by atoms with van der Waals surface area (Å²) in [6, 6.07) is 8.13. The molecule has 0 saturated carbocycles. The molecule has 24 heavy (non-hydrogen) atoms. The van der Waals surface area contributed by atoms with Crippen molar-refractivity contribution < 1.29 is 9.15 Å². The van der Waals surface area contributed by atoms with Gasteiger partial charge in [0.05, 0.1) is 11.8 Å². The standard InChI is InChI=1S/C17H16N4O2S/c1-8-4-9(2)15-11(5-8)19-16(23-15)21-17-20-14-12(22-3)6-10(18)7-13(14)24-17/h4-7H,18H2,1-3H3,(H,19,20,21). The zero-order chi connectivity index (χ0) is 16.8. The van der Waals surface area contributed by atoms with Crippen LogP contribution in [0.3, 0.4) is 0 Å². The summed E-state index contributed by atoms with van der Waals surface area (Å²) >= 11 is 1.47. The number of methoxy groups -OCH3 is 1. The highest BCUT2D eigenvalue weighted by molar-refractivity contribution is 7.22. The highest BCUT2D eigenvalue weighted by Crippen LogP contribution is 2.36. The molecule has 0 saturated heterocycles. The van der Waals surface area contributed by atoms with Crippen molar-refractivity contribution in [3.8, 4) is 5.75 Å². The number of aryl methyl sites for hydroxylation is 2. The molecule has 0 atom stereocenters. The predicted octanol–water partition coefficient (Wildman–Crippen LogP) is 4.39. The number of nitrogens with zero attached hydrogens (tertiary/aromatic N) is 2. The molecule has 0 unspecified atom stereocenters. The number of hydrogen-bond donors (Lipinski definition) is 2. The Labute approximate surface area is 142 Å². The average molecular weight is 340 g/mol. The van der Waals surface area contributed by atoms with E-state index in [0.29, 0.717) is 22.6 Å². The number of aromatic nitrogens is 2. The molecule has 2 aromatic heterocycles. The fourth-order valence-corrected chi connectivity index (χ4v) is 3.67. The molecule has 2 heterocycles. The zero-order valence-electron chi connectivity index (χ0n) is 13.5. The van der Waals surface area contributed by atoms with E-state index in [1.807, 2.05) is 26.0 Å². The summed E-state index contributed by atoms with van der Waals surface area (Å²) in [7, 11) is 1.60. The Morgan fingerprint density at radius 2 is 2.00 bits per heavy atom. The first kappa shape index (κ1) is 14.8. The fraction of sp³-hybridized carbons (Fsp3) is 0.176. The lowest BCUT2D eigenvalue weighted by atomic mass is 10.1. The van der Waals surface area contributed by atoms with E-state index in [1.165, 1.54) is 11.3 Å². The summed E-state index contributed by atoms with van der Waals surface area (Å²) in [5.74, 6) is 0.651. The maximum Gasteiger partial charge on any atom is 0.302 e. The molecule has 0 amide bonds. The molecule has 4 rings (SSSR count). The van der Waals surface area contributed by atoms with Crippen molar-refractivity contribution in [3.63, 3.8) is 0 Å².